The Morgan fingerprint density at radius 2 is 1.88 bits per heavy atom. The van der Waals surface area contributed by atoms with Gasteiger partial charge in [-0.15, -0.1) is 0 Å². The minimum atomic E-state index is -3.52. The summed E-state index contributed by atoms with van der Waals surface area (Å²) in [5.74, 6) is 0. The van der Waals surface area contributed by atoms with Gasteiger partial charge in [-0.3, -0.25) is 9.71 Å². The number of aromatic nitrogens is 1. The Bertz CT molecular complexity index is 553. The van der Waals surface area contributed by atoms with Gasteiger partial charge in [0.2, 0.25) is 0 Å². The normalized spacial score (nSPS) is 11.0. The number of benzene rings is 1. The SMILES string of the molecule is O=S(=O)(Nc1cc[c]nc1)c1ccccc1. The summed E-state index contributed by atoms with van der Waals surface area (Å²) in [5, 5.41) is 0. The van der Waals surface area contributed by atoms with Crippen molar-refractivity contribution in [2.24, 2.45) is 0 Å². The second-order valence-electron chi connectivity index (χ2n) is 3.09. The zero-order chi connectivity index (χ0) is 11.4. The lowest BCUT2D eigenvalue weighted by Gasteiger charge is -2.06. The van der Waals surface area contributed by atoms with Crippen LogP contribution in [-0.2, 0) is 10.0 Å². The van der Waals surface area contributed by atoms with Crippen molar-refractivity contribution < 1.29 is 8.42 Å². The highest BCUT2D eigenvalue weighted by Crippen LogP contribution is 2.13. The maximum atomic E-state index is 11.9. The number of nitrogens with one attached hydrogen (secondary N) is 1. The summed E-state index contributed by atoms with van der Waals surface area (Å²) in [7, 11) is -3.52. The summed E-state index contributed by atoms with van der Waals surface area (Å²) < 4.78 is 26.1. The van der Waals surface area contributed by atoms with Gasteiger partial charge in [0, 0.05) is 0 Å². The zero-order valence-corrected chi connectivity index (χ0v) is 9.11. The predicted molar refractivity (Wildman–Crippen MR) is 60.3 cm³/mol. The van der Waals surface area contributed by atoms with Crippen LogP contribution >= 0.6 is 0 Å². The highest BCUT2D eigenvalue weighted by molar-refractivity contribution is 7.92. The highest BCUT2D eigenvalue weighted by Gasteiger charge is 2.12. The van der Waals surface area contributed by atoms with E-state index in [1.54, 1.807) is 30.3 Å². The maximum absolute atomic E-state index is 11.9. The first kappa shape index (κ1) is 10.6. The molecule has 1 N–H and O–H groups in total. The molecular formula is C11H9N2O2S. The number of anilines is 1. The molecule has 2 aromatic rings. The van der Waals surface area contributed by atoms with Crippen LogP contribution in [0.25, 0.3) is 0 Å². The summed E-state index contributed by atoms with van der Waals surface area (Å²) in [4.78, 5) is 3.94. The van der Waals surface area contributed by atoms with E-state index in [1.807, 2.05) is 0 Å². The molecule has 1 aromatic carbocycles. The molecule has 0 saturated carbocycles. The van der Waals surface area contributed by atoms with Gasteiger partial charge in [0.05, 0.1) is 23.0 Å². The van der Waals surface area contributed by atoms with Crippen molar-refractivity contribution in [2.75, 3.05) is 4.72 Å². The summed E-state index contributed by atoms with van der Waals surface area (Å²) in [6.07, 6.45) is 3.98. The average molecular weight is 233 g/mol. The minimum Gasteiger partial charge on any atom is -0.278 e. The molecule has 0 aliphatic carbocycles. The molecule has 0 spiro atoms. The van der Waals surface area contributed by atoms with Crippen LogP contribution < -0.4 is 4.72 Å². The number of pyridine rings is 1. The topological polar surface area (TPSA) is 59.1 Å². The summed E-state index contributed by atoms with van der Waals surface area (Å²) in [5.41, 5.74) is 0.419. The van der Waals surface area contributed by atoms with Crippen LogP contribution in [0.5, 0.6) is 0 Å². The van der Waals surface area contributed by atoms with E-state index in [2.05, 4.69) is 15.9 Å². The van der Waals surface area contributed by atoms with Gasteiger partial charge >= 0.3 is 0 Å². The van der Waals surface area contributed by atoms with Gasteiger partial charge in [0.1, 0.15) is 0 Å². The summed E-state index contributed by atoms with van der Waals surface area (Å²) in [6, 6.07) is 11.3. The molecule has 4 nitrogen and oxygen atoms in total. The minimum absolute atomic E-state index is 0.225. The highest BCUT2D eigenvalue weighted by atomic mass is 32.2. The first-order valence-corrected chi connectivity index (χ1v) is 6.07. The van der Waals surface area contributed by atoms with E-state index in [1.165, 1.54) is 18.3 Å². The Hall–Kier alpha value is -1.88. The van der Waals surface area contributed by atoms with Crippen molar-refractivity contribution in [3.63, 3.8) is 0 Å². The van der Waals surface area contributed by atoms with E-state index in [0.717, 1.165) is 0 Å². The van der Waals surface area contributed by atoms with Gasteiger partial charge < -0.3 is 0 Å². The van der Waals surface area contributed by atoms with Crippen LogP contribution in [0.2, 0.25) is 0 Å². The first-order valence-electron chi connectivity index (χ1n) is 4.58. The van der Waals surface area contributed by atoms with Gasteiger partial charge in [0.25, 0.3) is 10.0 Å². The van der Waals surface area contributed by atoms with Crippen molar-refractivity contribution in [1.82, 2.24) is 4.98 Å². The van der Waals surface area contributed by atoms with Crippen molar-refractivity contribution >= 4 is 15.7 Å². The Labute approximate surface area is 94.0 Å². The molecule has 0 atom stereocenters. The van der Waals surface area contributed by atoms with E-state index in [4.69, 9.17) is 0 Å². The predicted octanol–water partition coefficient (Wildman–Crippen LogP) is 1.68. The molecule has 0 fully saturated rings. The number of sulfonamides is 1. The van der Waals surface area contributed by atoms with E-state index >= 15 is 0 Å². The molecule has 0 bridgehead atoms. The molecule has 0 aliphatic rings. The molecule has 0 aliphatic heterocycles. The van der Waals surface area contributed by atoms with Gasteiger partial charge in [-0.05, 0) is 24.3 Å². The van der Waals surface area contributed by atoms with Crippen LogP contribution in [0.1, 0.15) is 0 Å². The third kappa shape index (κ3) is 2.38. The lowest BCUT2D eigenvalue weighted by molar-refractivity contribution is 0.601. The fourth-order valence-corrected chi connectivity index (χ4v) is 2.26. The largest absolute Gasteiger partial charge is 0.278 e. The van der Waals surface area contributed by atoms with Gasteiger partial charge in [-0.2, -0.15) is 0 Å². The molecule has 81 valence electrons. The fourth-order valence-electron chi connectivity index (χ4n) is 1.19. The Morgan fingerprint density at radius 1 is 1.12 bits per heavy atom. The maximum Gasteiger partial charge on any atom is 0.261 e. The Balaban J connectivity index is 2.29. The second-order valence-corrected chi connectivity index (χ2v) is 4.78. The third-order valence-corrected chi connectivity index (χ3v) is 3.32. The van der Waals surface area contributed by atoms with Gasteiger partial charge in [0.15, 0.2) is 0 Å². The number of hydrogen-bond acceptors (Lipinski definition) is 3. The third-order valence-electron chi connectivity index (χ3n) is 1.92. The molecule has 1 heterocycles. The van der Waals surface area contributed by atoms with Crippen molar-refractivity contribution in [3.05, 3.63) is 54.9 Å². The lowest BCUT2D eigenvalue weighted by atomic mass is 10.4. The van der Waals surface area contributed by atoms with E-state index < -0.39 is 10.0 Å². The van der Waals surface area contributed by atoms with Crippen molar-refractivity contribution in [2.45, 2.75) is 4.90 Å². The first-order chi connectivity index (χ1) is 7.68. The molecule has 16 heavy (non-hydrogen) atoms. The second kappa shape index (κ2) is 4.32. The fraction of sp³-hybridized carbons (Fsp3) is 0. The molecular weight excluding hydrogens is 224 g/mol. The molecule has 0 unspecified atom stereocenters. The molecule has 1 radical (unpaired) electrons. The number of nitrogens with zero attached hydrogens (tertiary/aromatic N) is 1. The zero-order valence-electron chi connectivity index (χ0n) is 8.29. The lowest BCUT2D eigenvalue weighted by Crippen LogP contribution is -2.12. The average Bonchev–Trinajstić information content (AvgIpc) is 2.31. The van der Waals surface area contributed by atoms with Crippen LogP contribution in [0.15, 0.2) is 53.6 Å². The number of hydrogen-bond donors (Lipinski definition) is 1. The summed E-state index contributed by atoms with van der Waals surface area (Å²) >= 11 is 0. The number of rotatable bonds is 3. The summed E-state index contributed by atoms with van der Waals surface area (Å²) in [6.45, 7) is 0. The smallest absolute Gasteiger partial charge is 0.261 e. The van der Waals surface area contributed by atoms with Gasteiger partial charge in [-0.25, -0.2) is 8.42 Å². The molecule has 0 saturated heterocycles. The Kier molecular flexibility index (Phi) is 2.87. The van der Waals surface area contributed by atoms with Crippen LogP contribution in [0.4, 0.5) is 5.69 Å². The van der Waals surface area contributed by atoms with E-state index in [9.17, 15) is 8.42 Å². The van der Waals surface area contributed by atoms with Gasteiger partial charge in [-0.1, -0.05) is 18.2 Å². The Morgan fingerprint density at radius 3 is 2.50 bits per heavy atom. The van der Waals surface area contributed by atoms with E-state index in [0.29, 0.717) is 5.69 Å². The quantitative estimate of drug-likeness (QED) is 0.877. The molecule has 5 heteroatoms. The van der Waals surface area contributed by atoms with Crippen molar-refractivity contribution in [3.8, 4) is 0 Å². The molecule has 2 rings (SSSR count). The monoisotopic (exact) mass is 233 g/mol. The van der Waals surface area contributed by atoms with Crippen LogP contribution in [-0.4, -0.2) is 13.4 Å². The standard InChI is InChI=1S/C11H9N2O2S/c14-16(15,11-6-2-1-3-7-11)13-10-5-4-8-12-9-10/h1-7,9,13H. The molecule has 1 aromatic heterocycles. The van der Waals surface area contributed by atoms with Crippen LogP contribution in [0, 0.1) is 6.20 Å². The van der Waals surface area contributed by atoms with E-state index in [-0.39, 0.29) is 4.90 Å². The van der Waals surface area contributed by atoms with Crippen LogP contribution in [0.3, 0.4) is 0 Å². The molecule has 0 amide bonds. The van der Waals surface area contributed by atoms with Crippen molar-refractivity contribution in [1.29, 1.82) is 0 Å².